The zero-order chi connectivity index (χ0) is 13.5. The maximum absolute atomic E-state index is 11.3. The second-order valence-electron chi connectivity index (χ2n) is 5.41. The summed E-state index contributed by atoms with van der Waals surface area (Å²) in [5.41, 5.74) is 0.572. The third-order valence-corrected chi connectivity index (χ3v) is 3.02. The van der Waals surface area contributed by atoms with Gasteiger partial charge in [0, 0.05) is 30.2 Å². The van der Waals surface area contributed by atoms with Gasteiger partial charge in [-0.05, 0) is 6.92 Å². The van der Waals surface area contributed by atoms with Crippen LogP contribution in [0.2, 0.25) is 0 Å². The Kier molecular flexibility index (Phi) is 10.4. The Bertz CT molecular complexity index is 266. The van der Waals surface area contributed by atoms with E-state index in [1.54, 1.807) is 6.92 Å². The van der Waals surface area contributed by atoms with E-state index in [9.17, 15) is 4.79 Å². The molecule has 1 unspecified atom stereocenters. The lowest BCUT2D eigenvalue weighted by molar-refractivity contribution is -0.890. The molecule has 0 aromatic carbocycles. The van der Waals surface area contributed by atoms with Gasteiger partial charge < -0.3 is 15.3 Å². The van der Waals surface area contributed by atoms with Crippen LogP contribution in [-0.2, 0) is 4.79 Å². The van der Waals surface area contributed by atoms with Gasteiger partial charge in [0.1, 0.15) is 0 Å². The average Bonchev–Trinajstić information content (AvgIpc) is 2.21. The number of quaternary nitrogens is 1. The summed E-state index contributed by atoms with van der Waals surface area (Å²) in [6.07, 6.45) is 2.11. The van der Waals surface area contributed by atoms with Gasteiger partial charge in [0.25, 0.3) is 0 Å². The molecular formula is C13H28N2O2S. The highest BCUT2D eigenvalue weighted by atomic mass is 32.1. The van der Waals surface area contributed by atoms with Crippen molar-refractivity contribution >= 4 is 18.5 Å². The molecule has 5 heteroatoms. The molecule has 0 radical (unpaired) electrons. The molecular weight excluding hydrogens is 248 g/mol. The van der Waals surface area contributed by atoms with Crippen molar-refractivity contribution in [1.29, 1.82) is 0 Å². The standard InChI is InChI=1S/C13H26N2OS.H2O/c1-11(2)13(16)14-8-6-9-15(4,5)10-7-12(3)17;/h12H,1,6-10H2,2-5H3,(H-,14,16,17);1H2. The van der Waals surface area contributed by atoms with Crippen molar-refractivity contribution in [2.75, 3.05) is 33.7 Å². The van der Waals surface area contributed by atoms with E-state index in [4.69, 9.17) is 0 Å². The minimum absolute atomic E-state index is 0. The van der Waals surface area contributed by atoms with Crippen molar-refractivity contribution in [1.82, 2.24) is 5.32 Å². The molecule has 0 aliphatic rings. The second kappa shape index (κ2) is 9.42. The van der Waals surface area contributed by atoms with Crippen molar-refractivity contribution in [2.45, 2.75) is 31.9 Å². The number of nitrogens with one attached hydrogen (secondary N) is 1. The summed E-state index contributed by atoms with van der Waals surface area (Å²) in [7, 11) is 4.44. The first kappa shape index (κ1) is 19.8. The molecule has 0 aromatic rings. The molecule has 0 bridgehead atoms. The van der Waals surface area contributed by atoms with Crippen molar-refractivity contribution in [3.05, 3.63) is 12.2 Å². The second-order valence-corrected chi connectivity index (χ2v) is 6.29. The van der Waals surface area contributed by atoms with Crippen LogP contribution < -0.4 is 5.32 Å². The predicted octanol–water partition coefficient (Wildman–Crippen LogP) is 1.68. The lowest BCUT2D eigenvalue weighted by Gasteiger charge is -2.30. The van der Waals surface area contributed by atoms with E-state index < -0.39 is 0 Å². The first-order valence-corrected chi connectivity index (χ1v) is 6.70. The number of carbonyl (C=O) groups excluding carboxylic acids is 1. The Balaban J connectivity index is 0. The fourth-order valence-electron chi connectivity index (χ4n) is 1.51. The van der Waals surface area contributed by atoms with Crippen molar-refractivity contribution in [3.63, 3.8) is 0 Å². The monoisotopic (exact) mass is 276 g/mol. The zero-order valence-electron chi connectivity index (χ0n) is 12.1. The zero-order valence-corrected chi connectivity index (χ0v) is 13.0. The molecule has 0 fully saturated rings. The highest BCUT2D eigenvalue weighted by molar-refractivity contribution is 7.80. The summed E-state index contributed by atoms with van der Waals surface area (Å²) in [5, 5.41) is 3.31. The smallest absolute Gasteiger partial charge is 0.246 e. The number of hydrogen-bond donors (Lipinski definition) is 2. The van der Waals surface area contributed by atoms with Crippen molar-refractivity contribution in [2.24, 2.45) is 0 Å². The van der Waals surface area contributed by atoms with Crippen molar-refractivity contribution < 1.29 is 14.8 Å². The van der Waals surface area contributed by atoms with Gasteiger partial charge in [-0.25, -0.2) is 0 Å². The fourth-order valence-corrected chi connectivity index (χ4v) is 1.62. The third-order valence-electron chi connectivity index (χ3n) is 2.77. The van der Waals surface area contributed by atoms with E-state index in [1.807, 2.05) is 0 Å². The minimum Gasteiger partial charge on any atom is -0.870 e. The summed E-state index contributed by atoms with van der Waals surface area (Å²) in [6.45, 7) is 10.4. The lowest BCUT2D eigenvalue weighted by atomic mass is 10.2. The van der Waals surface area contributed by atoms with Crippen LogP contribution in [0.25, 0.3) is 0 Å². The SMILES string of the molecule is C=C(C)C(=O)NCCC[N+](C)(C)CCC(C)S.[OH-]. The molecule has 0 aromatic heterocycles. The summed E-state index contributed by atoms with van der Waals surface area (Å²) < 4.78 is 0.980. The Hall–Kier alpha value is -0.520. The van der Waals surface area contributed by atoms with E-state index in [2.05, 4.69) is 45.5 Å². The maximum Gasteiger partial charge on any atom is 0.246 e. The number of nitrogens with zero attached hydrogens (tertiary/aromatic N) is 1. The summed E-state index contributed by atoms with van der Waals surface area (Å²) in [4.78, 5) is 11.3. The van der Waals surface area contributed by atoms with E-state index in [-0.39, 0.29) is 11.4 Å². The van der Waals surface area contributed by atoms with Crippen LogP contribution in [0.1, 0.15) is 26.7 Å². The van der Waals surface area contributed by atoms with Gasteiger partial charge >= 0.3 is 0 Å². The topological polar surface area (TPSA) is 59.1 Å². The number of thiol groups is 1. The number of carbonyl (C=O) groups is 1. The average molecular weight is 276 g/mol. The van der Waals surface area contributed by atoms with Crippen LogP contribution in [0.3, 0.4) is 0 Å². The van der Waals surface area contributed by atoms with E-state index in [1.165, 1.54) is 0 Å². The van der Waals surface area contributed by atoms with Crippen LogP contribution >= 0.6 is 12.6 Å². The van der Waals surface area contributed by atoms with Crippen LogP contribution in [0.4, 0.5) is 0 Å². The Morgan fingerprint density at radius 3 is 2.39 bits per heavy atom. The number of amides is 1. The lowest BCUT2D eigenvalue weighted by Crippen LogP contribution is -2.43. The van der Waals surface area contributed by atoms with Gasteiger partial charge in [-0.15, -0.1) is 0 Å². The highest BCUT2D eigenvalue weighted by Crippen LogP contribution is 2.06. The van der Waals surface area contributed by atoms with E-state index >= 15 is 0 Å². The summed E-state index contributed by atoms with van der Waals surface area (Å²) in [6, 6.07) is 0. The van der Waals surface area contributed by atoms with Crippen LogP contribution in [0.15, 0.2) is 12.2 Å². The molecule has 108 valence electrons. The quantitative estimate of drug-likeness (QED) is 0.307. The number of hydrogen-bond acceptors (Lipinski definition) is 3. The Morgan fingerprint density at radius 1 is 1.39 bits per heavy atom. The molecule has 1 amide bonds. The normalized spacial score (nSPS) is 12.5. The van der Waals surface area contributed by atoms with Gasteiger partial charge in [0.2, 0.25) is 5.91 Å². The Morgan fingerprint density at radius 2 is 1.94 bits per heavy atom. The molecule has 18 heavy (non-hydrogen) atoms. The predicted molar refractivity (Wildman–Crippen MR) is 79.3 cm³/mol. The van der Waals surface area contributed by atoms with Gasteiger partial charge in [-0.2, -0.15) is 12.6 Å². The van der Waals surface area contributed by atoms with E-state index in [0.717, 1.165) is 37.0 Å². The molecule has 0 aliphatic carbocycles. The van der Waals surface area contributed by atoms with Gasteiger partial charge in [0.15, 0.2) is 0 Å². The largest absolute Gasteiger partial charge is 0.870 e. The fraction of sp³-hybridized carbons (Fsp3) is 0.769. The highest BCUT2D eigenvalue weighted by Gasteiger charge is 2.15. The molecule has 0 aliphatic heterocycles. The first-order valence-electron chi connectivity index (χ1n) is 6.18. The summed E-state index contributed by atoms with van der Waals surface area (Å²) in [5.74, 6) is -0.0423. The maximum atomic E-state index is 11.3. The molecule has 0 saturated carbocycles. The molecule has 0 spiro atoms. The minimum atomic E-state index is -0.0423. The first-order chi connectivity index (χ1) is 7.74. The Labute approximate surface area is 117 Å². The van der Waals surface area contributed by atoms with Crippen LogP contribution in [0.5, 0.6) is 0 Å². The molecule has 2 N–H and O–H groups in total. The molecule has 0 heterocycles. The van der Waals surface area contributed by atoms with Gasteiger partial charge in [-0.1, -0.05) is 13.5 Å². The molecule has 4 nitrogen and oxygen atoms in total. The van der Waals surface area contributed by atoms with Crippen LogP contribution in [0, 0.1) is 0 Å². The molecule has 1 atom stereocenters. The third kappa shape index (κ3) is 10.6. The number of rotatable bonds is 8. The summed E-state index contributed by atoms with van der Waals surface area (Å²) >= 11 is 4.39. The van der Waals surface area contributed by atoms with Gasteiger partial charge in [0.05, 0.1) is 27.2 Å². The van der Waals surface area contributed by atoms with E-state index in [0.29, 0.717) is 10.8 Å². The van der Waals surface area contributed by atoms with Gasteiger partial charge in [-0.3, -0.25) is 4.79 Å². The van der Waals surface area contributed by atoms with Crippen LogP contribution in [-0.4, -0.2) is 54.8 Å². The molecule has 0 saturated heterocycles. The molecule has 0 rings (SSSR count). The van der Waals surface area contributed by atoms with Crippen molar-refractivity contribution in [3.8, 4) is 0 Å².